The molecule has 1 aromatic heterocycles. The summed E-state index contributed by atoms with van der Waals surface area (Å²) in [5, 5.41) is 2.42. The van der Waals surface area contributed by atoms with E-state index >= 15 is 0 Å². The highest BCUT2D eigenvalue weighted by Crippen LogP contribution is 2.30. The number of carbonyl (C=O) groups is 1. The van der Waals surface area contributed by atoms with Crippen molar-refractivity contribution in [1.29, 1.82) is 0 Å². The molecule has 5 nitrogen and oxygen atoms in total. The first kappa shape index (κ1) is 20.4. The van der Waals surface area contributed by atoms with Crippen LogP contribution in [0.3, 0.4) is 0 Å². The molecule has 9 heteroatoms. The first-order chi connectivity index (χ1) is 14.7. The number of hydrogen-bond donors (Lipinski definition) is 1. The second-order valence-corrected chi connectivity index (χ2v) is 6.80. The minimum absolute atomic E-state index is 0.0178. The Balaban J connectivity index is 1.63. The average Bonchev–Trinajstić information content (AvgIpc) is 3.03. The van der Waals surface area contributed by atoms with Crippen LogP contribution in [-0.4, -0.2) is 10.5 Å². The van der Waals surface area contributed by atoms with Crippen molar-refractivity contribution in [2.45, 2.75) is 12.7 Å². The minimum atomic E-state index is -4.53. The number of nitrogens with one attached hydrogen (secondary N) is 1. The van der Waals surface area contributed by atoms with Gasteiger partial charge in [0.15, 0.2) is 5.58 Å². The van der Waals surface area contributed by atoms with Gasteiger partial charge < -0.3 is 9.73 Å². The lowest BCUT2D eigenvalue weighted by molar-refractivity contribution is -0.137. The van der Waals surface area contributed by atoms with Crippen molar-refractivity contribution in [3.63, 3.8) is 0 Å². The molecule has 0 spiro atoms. The van der Waals surface area contributed by atoms with Gasteiger partial charge in [-0.2, -0.15) is 13.2 Å². The third-order valence-electron chi connectivity index (χ3n) is 4.63. The summed E-state index contributed by atoms with van der Waals surface area (Å²) in [6.07, 6.45) is -4.53. The van der Waals surface area contributed by atoms with E-state index in [-0.39, 0.29) is 23.4 Å². The lowest BCUT2D eigenvalue weighted by atomic mass is 10.1. The van der Waals surface area contributed by atoms with Gasteiger partial charge >= 0.3 is 11.9 Å². The maximum Gasteiger partial charge on any atom is 0.420 e. The van der Waals surface area contributed by atoms with Crippen molar-refractivity contribution < 1.29 is 26.8 Å². The molecule has 1 amide bonds. The molecule has 0 radical (unpaired) electrons. The molecule has 0 saturated carbocycles. The van der Waals surface area contributed by atoms with E-state index in [2.05, 4.69) is 5.32 Å². The molecule has 0 aliphatic rings. The second-order valence-electron chi connectivity index (χ2n) is 6.80. The number of benzene rings is 3. The number of carbonyl (C=O) groups excluding carboxylic acids is 1. The van der Waals surface area contributed by atoms with E-state index in [1.54, 1.807) is 0 Å². The fraction of sp³-hybridized carbons (Fsp3) is 0.0909. The number of alkyl halides is 3. The first-order valence-corrected chi connectivity index (χ1v) is 9.07. The van der Waals surface area contributed by atoms with Gasteiger partial charge in [0, 0.05) is 11.3 Å². The molecule has 1 heterocycles. The zero-order valence-electron chi connectivity index (χ0n) is 15.7. The van der Waals surface area contributed by atoms with Crippen molar-refractivity contribution in [3.05, 3.63) is 99.8 Å². The van der Waals surface area contributed by atoms with Crippen LogP contribution in [0.5, 0.6) is 0 Å². The standard InChI is InChI=1S/C22H14F4N2O3/c23-16-7-4-13(5-8-16)12-28-18-10-14(6-9-19(18)31-21(28)30)20(29)27-17-3-1-2-15(11-17)22(24,25)26/h1-11H,12H2,(H,27,29). The molecule has 3 aromatic carbocycles. The van der Waals surface area contributed by atoms with E-state index in [0.29, 0.717) is 11.1 Å². The number of fused-ring (bicyclic) bond motifs is 1. The van der Waals surface area contributed by atoms with Crippen LogP contribution in [0.2, 0.25) is 0 Å². The average molecular weight is 430 g/mol. The molecule has 4 aromatic rings. The van der Waals surface area contributed by atoms with Gasteiger partial charge in [0.2, 0.25) is 0 Å². The minimum Gasteiger partial charge on any atom is -0.408 e. The van der Waals surface area contributed by atoms with Gasteiger partial charge in [-0.15, -0.1) is 0 Å². The van der Waals surface area contributed by atoms with E-state index in [1.165, 1.54) is 59.2 Å². The molecule has 0 aliphatic heterocycles. The molecular formula is C22H14F4N2O3. The quantitative estimate of drug-likeness (QED) is 0.461. The zero-order chi connectivity index (χ0) is 22.2. The zero-order valence-corrected chi connectivity index (χ0v) is 15.7. The Bertz CT molecular complexity index is 1320. The van der Waals surface area contributed by atoms with Crippen LogP contribution in [-0.2, 0) is 12.7 Å². The van der Waals surface area contributed by atoms with Gasteiger partial charge in [0.1, 0.15) is 5.82 Å². The monoisotopic (exact) mass is 430 g/mol. The summed E-state index contributed by atoms with van der Waals surface area (Å²) in [5.41, 5.74) is 0.428. The highest BCUT2D eigenvalue weighted by atomic mass is 19.4. The van der Waals surface area contributed by atoms with Gasteiger partial charge in [-0.1, -0.05) is 18.2 Å². The van der Waals surface area contributed by atoms with Gasteiger partial charge in [-0.25, -0.2) is 9.18 Å². The van der Waals surface area contributed by atoms with E-state index in [1.807, 2.05) is 0 Å². The lowest BCUT2D eigenvalue weighted by Crippen LogP contribution is -2.16. The highest BCUT2D eigenvalue weighted by molar-refractivity contribution is 6.05. The molecule has 0 saturated heterocycles. The summed E-state index contributed by atoms with van der Waals surface area (Å²) in [6, 6.07) is 14.1. The fourth-order valence-corrected chi connectivity index (χ4v) is 3.10. The molecule has 31 heavy (non-hydrogen) atoms. The SMILES string of the molecule is O=C(Nc1cccc(C(F)(F)F)c1)c1ccc2oc(=O)n(Cc3ccc(F)cc3)c2c1. The Kier molecular flexibility index (Phi) is 5.10. The van der Waals surface area contributed by atoms with Crippen molar-refractivity contribution >= 4 is 22.7 Å². The Labute approximate surface area is 172 Å². The van der Waals surface area contributed by atoms with Crippen LogP contribution in [0.25, 0.3) is 11.1 Å². The van der Waals surface area contributed by atoms with Gasteiger partial charge in [0.25, 0.3) is 5.91 Å². The summed E-state index contributed by atoms with van der Waals surface area (Å²) in [5.74, 6) is -1.72. The van der Waals surface area contributed by atoms with Crippen LogP contribution in [0.4, 0.5) is 23.2 Å². The van der Waals surface area contributed by atoms with E-state index in [4.69, 9.17) is 4.42 Å². The summed E-state index contributed by atoms with van der Waals surface area (Å²) in [6.45, 7) is 0.0881. The van der Waals surface area contributed by atoms with Crippen LogP contribution in [0, 0.1) is 5.82 Å². The molecule has 1 N–H and O–H groups in total. The second kappa shape index (κ2) is 7.75. The maximum atomic E-state index is 13.1. The van der Waals surface area contributed by atoms with Crippen molar-refractivity contribution in [3.8, 4) is 0 Å². The van der Waals surface area contributed by atoms with E-state index in [9.17, 15) is 27.2 Å². The number of amides is 1. The van der Waals surface area contributed by atoms with Crippen LogP contribution in [0.1, 0.15) is 21.5 Å². The third kappa shape index (κ3) is 4.35. The number of rotatable bonds is 4. The van der Waals surface area contributed by atoms with E-state index < -0.39 is 29.2 Å². The van der Waals surface area contributed by atoms with Crippen molar-refractivity contribution in [1.82, 2.24) is 4.57 Å². The molecule has 0 atom stereocenters. The Morgan fingerprint density at radius 1 is 1.00 bits per heavy atom. The predicted octanol–water partition coefficient (Wildman–Crippen LogP) is 5.05. The molecule has 0 aliphatic carbocycles. The predicted molar refractivity (Wildman–Crippen MR) is 105 cm³/mol. The Morgan fingerprint density at radius 3 is 2.45 bits per heavy atom. The number of halogens is 4. The topological polar surface area (TPSA) is 64.2 Å². The smallest absolute Gasteiger partial charge is 0.408 e. The summed E-state index contributed by atoms with van der Waals surface area (Å²) >= 11 is 0. The number of hydrogen-bond acceptors (Lipinski definition) is 3. The van der Waals surface area contributed by atoms with Crippen LogP contribution in [0.15, 0.2) is 75.9 Å². The molecule has 4 rings (SSSR count). The number of aromatic nitrogens is 1. The van der Waals surface area contributed by atoms with Crippen LogP contribution >= 0.6 is 0 Å². The number of anilines is 1. The molecule has 0 fully saturated rings. The highest BCUT2D eigenvalue weighted by Gasteiger charge is 2.30. The van der Waals surface area contributed by atoms with Crippen LogP contribution < -0.4 is 11.1 Å². The maximum absolute atomic E-state index is 13.1. The third-order valence-corrected chi connectivity index (χ3v) is 4.63. The lowest BCUT2D eigenvalue weighted by Gasteiger charge is -2.10. The Hall–Kier alpha value is -3.88. The number of oxazole rings is 1. The summed E-state index contributed by atoms with van der Waals surface area (Å²) < 4.78 is 58.2. The van der Waals surface area contributed by atoms with Gasteiger partial charge in [-0.05, 0) is 54.1 Å². The van der Waals surface area contributed by atoms with Crippen molar-refractivity contribution in [2.75, 3.05) is 5.32 Å². The van der Waals surface area contributed by atoms with Gasteiger partial charge in [-0.3, -0.25) is 9.36 Å². The largest absolute Gasteiger partial charge is 0.420 e. The Morgan fingerprint density at radius 2 is 1.74 bits per heavy atom. The summed E-state index contributed by atoms with van der Waals surface area (Å²) in [4.78, 5) is 24.8. The molecule has 158 valence electrons. The van der Waals surface area contributed by atoms with E-state index in [0.717, 1.165) is 12.1 Å². The van der Waals surface area contributed by atoms with Gasteiger partial charge in [0.05, 0.1) is 17.6 Å². The number of nitrogens with zero attached hydrogens (tertiary/aromatic N) is 1. The normalized spacial score (nSPS) is 11.6. The fourth-order valence-electron chi connectivity index (χ4n) is 3.10. The molecule has 0 bridgehead atoms. The van der Waals surface area contributed by atoms with Crippen molar-refractivity contribution in [2.24, 2.45) is 0 Å². The molecule has 0 unspecified atom stereocenters. The summed E-state index contributed by atoms with van der Waals surface area (Å²) in [7, 11) is 0. The first-order valence-electron chi connectivity index (χ1n) is 9.07. The molecular weight excluding hydrogens is 416 g/mol.